The van der Waals surface area contributed by atoms with Gasteiger partial charge >= 0.3 is 26.2 Å². The molecule has 1 unspecified atom stereocenters. The van der Waals surface area contributed by atoms with E-state index in [-0.39, 0.29) is 51.0 Å². The fourth-order valence-electron chi connectivity index (χ4n) is 5.66. The van der Waals surface area contributed by atoms with Crippen LogP contribution >= 0.6 is 0 Å². The van der Waals surface area contributed by atoms with Gasteiger partial charge in [0.1, 0.15) is 0 Å². The second kappa shape index (κ2) is 8.19. The maximum absolute atomic E-state index is 2.64. The molecule has 0 N–H and O–H groups in total. The summed E-state index contributed by atoms with van der Waals surface area (Å²) in [4.78, 5) is 0. The Hall–Kier alpha value is -0.833. The third-order valence-corrected chi connectivity index (χ3v) is 23.9. The van der Waals surface area contributed by atoms with Gasteiger partial charge in [0.05, 0.1) is 0 Å². The van der Waals surface area contributed by atoms with E-state index in [1.165, 1.54) is 33.2 Å². The fourth-order valence-corrected chi connectivity index (χ4v) is 16.2. The molecule has 0 amide bonds. The van der Waals surface area contributed by atoms with E-state index >= 15 is 0 Å². The van der Waals surface area contributed by atoms with Gasteiger partial charge in [-0.05, 0) is 22.3 Å². The Labute approximate surface area is 218 Å². The molecule has 0 bridgehead atoms. The van der Waals surface area contributed by atoms with E-state index in [0.29, 0.717) is 5.92 Å². The quantitative estimate of drug-likeness (QED) is 0.206. The van der Waals surface area contributed by atoms with E-state index in [1.807, 2.05) is 0 Å². The molecule has 1 aliphatic heterocycles. The van der Waals surface area contributed by atoms with Crippen molar-refractivity contribution >= 4 is 36.3 Å². The number of hydrogen-bond donors (Lipinski definition) is 0. The average molecular weight is 556 g/mol. The zero-order chi connectivity index (χ0) is 19.3. The van der Waals surface area contributed by atoms with Gasteiger partial charge in [-0.1, -0.05) is 86.3 Å². The Morgan fingerprint density at radius 1 is 0.742 bits per heavy atom. The number of rotatable bonds is 2. The molecule has 1 atom stereocenters. The van der Waals surface area contributed by atoms with Gasteiger partial charge in [-0.15, -0.1) is 29.0 Å². The Morgan fingerprint density at radius 3 is 1.81 bits per heavy atom. The van der Waals surface area contributed by atoms with Crippen LogP contribution in [0.15, 0.2) is 72.8 Å². The number of hydrogen-bond acceptors (Lipinski definition) is 0. The van der Waals surface area contributed by atoms with Crippen molar-refractivity contribution in [3.05, 3.63) is 89.5 Å². The normalized spacial score (nSPS) is 18.2. The molecule has 0 aromatic heterocycles. The summed E-state index contributed by atoms with van der Waals surface area (Å²) in [5, 5.41) is 6.62. The molecule has 155 valence electrons. The van der Waals surface area contributed by atoms with Crippen LogP contribution in [0.3, 0.4) is 0 Å². The largest absolute Gasteiger partial charge is 3.00 e. The zero-order valence-corrected chi connectivity index (χ0v) is 24.2. The minimum atomic E-state index is -1.35. The Kier molecular flexibility index (Phi) is 6.55. The van der Waals surface area contributed by atoms with Crippen molar-refractivity contribution in [2.75, 3.05) is 0 Å². The van der Waals surface area contributed by atoms with Crippen LogP contribution in [0.5, 0.6) is 0 Å². The van der Waals surface area contributed by atoms with Gasteiger partial charge in [0.25, 0.3) is 0 Å². The van der Waals surface area contributed by atoms with Crippen molar-refractivity contribution < 1.29 is 51.0 Å². The molecular formula is C26H25Cl2Si2Zr. The molecule has 1 radical (unpaired) electrons. The van der Waals surface area contributed by atoms with Crippen LogP contribution in [0.1, 0.15) is 22.6 Å². The average Bonchev–Trinajstić information content (AvgIpc) is 3.02. The molecule has 0 fully saturated rings. The molecule has 0 saturated carbocycles. The smallest absolute Gasteiger partial charge is 1.00 e. The van der Waals surface area contributed by atoms with Gasteiger partial charge in [0, 0.05) is 21.1 Å². The molecule has 5 heteroatoms. The number of fused-ring (bicyclic) bond motifs is 6. The van der Waals surface area contributed by atoms with E-state index in [1.54, 1.807) is 15.8 Å². The summed E-state index contributed by atoms with van der Waals surface area (Å²) in [6.07, 6.45) is 0. The number of benzene rings is 3. The van der Waals surface area contributed by atoms with E-state index in [4.69, 9.17) is 0 Å². The third-order valence-electron chi connectivity index (χ3n) is 7.57. The topological polar surface area (TPSA) is 0 Å². The summed E-state index contributed by atoms with van der Waals surface area (Å²) in [5.41, 5.74) is 7.31. The van der Waals surface area contributed by atoms with Crippen LogP contribution in [0, 0.1) is 0 Å². The molecule has 1 aliphatic carbocycles. The van der Waals surface area contributed by atoms with Crippen LogP contribution in [-0.2, 0) is 26.2 Å². The molecule has 0 spiro atoms. The summed E-state index contributed by atoms with van der Waals surface area (Å²) in [6, 6.07) is 27.6. The first-order valence-electron chi connectivity index (χ1n) is 10.3. The standard InChI is InChI=1S/C26H25Si2.2ClH.Zr/c1-27(2,3)28(4)23-16-17-10-9-15-22(24(17)26(23)28)25-20-13-7-5-11-18(20)19-12-6-8-14-21(19)25;;;/h5-16,25H,1-4H3;2*1H;/q-1;;;+3/p-2. The van der Waals surface area contributed by atoms with E-state index in [0.717, 1.165) is 0 Å². The molecule has 4 aromatic carbocycles. The SMILES string of the molecule is C[Si](C)(C)[Si]1(C)c2[cH-]c3cccc(C4c5ccccc5-c5ccccc54)c3c21.[Cl-].[Cl-].[Zr+3]. The second-order valence-corrected chi connectivity index (χ2v) is 25.0. The van der Waals surface area contributed by atoms with E-state index in [9.17, 15) is 0 Å². The monoisotopic (exact) mass is 553 g/mol. The molecule has 6 rings (SSSR count). The predicted octanol–water partition coefficient (Wildman–Crippen LogP) is -0.352. The van der Waals surface area contributed by atoms with Gasteiger partial charge in [-0.25, -0.2) is 0 Å². The zero-order valence-electron chi connectivity index (χ0n) is 18.3. The second-order valence-electron chi connectivity index (χ2n) is 9.73. The summed E-state index contributed by atoms with van der Waals surface area (Å²) < 4.78 is 0. The van der Waals surface area contributed by atoms with Crippen molar-refractivity contribution in [1.29, 1.82) is 0 Å². The van der Waals surface area contributed by atoms with Gasteiger partial charge in [0.15, 0.2) is 0 Å². The molecule has 0 nitrogen and oxygen atoms in total. The molecule has 4 aromatic rings. The molecule has 1 heterocycles. The first-order valence-corrected chi connectivity index (χ1v) is 17.3. The van der Waals surface area contributed by atoms with Gasteiger partial charge < -0.3 is 24.8 Å². The van der Waals surface area contributed by atoms with Crippen molar-refractivity contribution in [2.45, 2.75) is 32.1 Å². The minimum absolute atomic E-state index is 0. The van der Waals surface area contributed by atoms with E-state index < -0.39 is 15.2 Å². The molecular weight excluding hydrogens is 531 g/mol. The van der Waals surface area contributed by atoms with Crippen molar-refractivity contribution in [2.24, 2.45) is 0 Å². The Balaban J connectivity index is 0.000000907. The first-order chi connectivity index (χ1) is 13.4. The Bertz CT molecular complexity index is 1240. The maximum atomic E-state index is 2.64. The van der Waals surface area contributed by atoms with Gasteiger partial charge in [-0.3, -0.25) is 0 Å². The predicted molar refractivity (Wildman–Crippen MR) is 127 cm³/mol. The minimum Gasteiger partial charge on any atom is -1.00 e. The first kappa shape index (κ1) is 24.8. The molecule has 31 heavy (non-hydrogen) atoms. The fraction of sp³-hybridized carbons (Fsp3) is 0.192. The van der Waals surface area contributed by atoms with Crippen LogP contribution in [0.4, 0.5) is 0 Å². The van der Waals surface area contributed by atoms with Crippen molar-refractivity contribution in [3.63, 3.8) is 0 Å². The van der Waals surface area contributed by atoms with Crippen molar-refractivity contribution in [3.8, 4) is 11.1 Å². The van der Waals surface area contributed by atoms with Gasteiger partial charge in [-0.2, -0.15) is 10.4 Å². The molecule has 2 aliphatic rings. The van der Waals surface area contributed by atoms with E-state index in [2.05, 4.69) is 99.0 Å². The third kappa shape index (κ3) is 3.19. The maximum Gasteiger partial charge on any atom is 3.00 e. The van der Waals surface area contributed by atoms with Crippen LogP contribution < -0.4 is 35.2 Å². The summed E-state index contributed by atoms with van der Waals surface area (Å²) in [7, 11) is -2.54. The summed E-state index contributed by atoms with van der Waals surface area (Å²) in [5.74, 6) is 0.364. The van der Waals surface area contributed by atoms with Gasteiger partial charge in [0.2, 0.25) is 0 Å². The van der Waals surface area contributed by atoms with Crippen LogP contribution in [0.2, 0.25) is 26.2 Å². The van der Waals surface area contributed by atoms with Crippen LogP contribution in [-0.4, -0.2) is 15.2 Å². The molecule has 0 saturated heterocycles. The summed E-state index contributed by atoms with van der Waals surface area (Å²) >= 11 is 0. The number of halogens is 2. The van der Waals surface area contributed by atoms with Crippen LogP contribution in [0.25, 0.3) is 21.9 Å². The Morgan fingerprint density at radius 2 is 1.26 bits per heavy atom. The van der Waals surface area contributed by atoms with Crippen molar-refractivity contribution in [1.82, 2.24) is 0 Å². The summed E-state index contributed by atoms with van der Waals surface area (Å²) in [6.45, 7) is 10.4.